The second kappa shape index (κ2) is 7.23. The number of ether oxygens (including phenoxy) is 1. The Balaban J connectivity index is 2.30. The molecule has 2 unspecified atom stereocenters. The van der Waals surface area contributed by atoms with Crippen LogP contribution in [0.1, 0.15) is 12.6 Å². The first-order chi connectivity index (χ1) is 11.3. The van der Waals surface area contributed by atoms with Gasteiger partial charge in [0, 0.05) is 18.8 Å². The third-order valence-corrected chi connectivity index (χ3v) is 3.87. The first-order valence-corrected chi connectivity index (χ1v) is 7.20. The van der Waals surface area contributed by atoms with E-state index in [1.165, 1.54) is 0 Å². The van der Waals surface area contributed by atoms with Gasteiger partial charge in [0.2, 0.25) is 0 Å². The Hall–Kier alpha value is -2.05. The number of aliphatic carboxylic acids is 1. The molecule has 2 heterocycles. The number of nitrogens with two attached hydrogens (primary N) is 1. The van der Waals surface area contributed by atoms with Gasteiger partial charge in [-0.05, 0) is 6.42 Å². The van der Waals surface area contributed by atoms with Gasteiger partial charge in [0.25, 0.3) is 5.56 Å². The van der Waals surface area contributed by atoms with Crippen LogP contribution < -0.4 is 17.0 Å². The number of carboxylic acid groups (broad SMARTS) is 1. The highest BCUT2D eigenvalue weighted by molar-refractivity contribution is 5.72. The van der Waals surface area contributed by atoms with Gasteiger partial charge in [-0.2, -0.15) is 0 Å². The zero-order valence-corrected chi connectivity index (χ0v) is 12.6. The number of aliphatic hydroxyl groups excluding tert-OH is 3. The molecular weight excluding hydrogens is 326 g/mol. The van der Waals surface area contributed by atoms with Gasteiger partial charge in [-0.3, -0.25) is 18.7 Å². The average molecular weight is 345 g/mol. The number of carboxylic acids is 1. The van der Waals surface area contributed by atoms with Crippen molar-refractivity contribution >= 4 is 5.97 Å². The van der Waals surface area contributed by atoms with Crippen molar-refractivity contribution in [3.8, 4) is 0 Å². The molecule has 0 radical (unpaired) electrons. The maximum atomic E-state index is 12.4. The summed E-state index contributed by atoms with van der Waals surface area (Å²) in [4.78, 5) is 34.9. The first-order valence-electron chi connectivity index (χ1n) is 7.20. The van der Waals surface area contributed by atoms with Crippen LogP contribution in [-0.4, -0.2) is 66.5 Å². The Kier molecular flexibility index (Phi) is 5.51. The van der Waals surface area contributed by atoms with Crippen molar-refractivity contribution in [3.63, 3.8) is 0 Å². The predicted octanol–water partition coefficient (Wildman–Crippen LogP) is -3.58. The molecule has 0 saturated carbocycles. The number of hydrogen-bond donors (Lipinski definition) is 5. The minimum absolute atomic E-state index is 0.148. The molecule has 0 aliphatic carbocycles. The molecule has 1 aliphatic heterocycles. The van der Waals surface area contributed by atoms with Crippen LogP contribution in [-0.2, 0) is 16.1 Å². The van der Waals surface area contributed by atoms with E-state index in [4.69, 9.17) is 20.7 Å². The first kappa shape index (κ1) is 18.3. The van der Waals surface area contributed by atoms with Crippen molar-refractivity contribution in [2.75, 3.05) is 6.61 Å². The molecule has 134 valence electrons. The van der Waals surface area contributed by atoms with Gasteiger partial charge in [-0.15, -0.1) is 0 Å². The van der Waals surface area contributed by atoms with Gasteiger partial charge in [0.15, 0.2) is 6.23 Å². The number of hydrogen-bond acceptors (Lipinski definition) is 8. The molecule has 6 N–H and O–H groups in total. The molecule has 1 aliphatic rings. The number of carbonyl (C=O) groups is 1. The van der Waals surface area contributed by atoms with E-state index in [9.17, 15) is 24.6 Å². The lowest BCUT2D eigenvalue weighted by Gasteiger charge is -2.19. The smallest absolute Gasteiger partial charge is 0.333 e. The van der Waals surface area contributed by atoms with Crippen molar-refractivity contribution in [2.24, 2.45) is 5.73 Å². The van der Waals surface area contributed by atoms with Crippen molar-refractivity contribution in [3.05, 3.63) is 33.1 Å². The summed E-state index contributed by atoms with van der Waals surface area (Å²) < 4.78 is 6.90. The summed E-state index contributed by atoms with van der Waals surface area (Å²) in [5, 5.41) is 37.5. The van der Waals surface area contributed by atoms with Crippen LogP contribution >= 0.6 is 0 Å². The molecule has 0 spiro atoms. The lowest BCUT2D eigenvalue weighted by Crippen LogP contribution is -2.44. The van der Waals surface area contributed by atoms with E-state index in [1.807, 2.05) is 0 Å². The van der Waals surface area contributed by atoms with Gasteiger partial charge < -0.3 is 30.9 Å². The van der Waals surface area contributed by atoms with E-state index in [2.05, 4.69) is 0 Å². The minimum atomic E-state index is -1.48. The molecule has 24 heavy (non-hydrogen) atoms. The van der Waals surface area contributed by atoms with Crippen LogP contribution in [0.4, 0.5) is 0 Å². The van der Waals surface area contributed by atoms with E-state index in [0.717, 1.165) is 21.4 Å². The van der Waals surface area contributed by atoms with Crippen LogP contribution in [0.15, 0.2) is 21.9 Å². The Morgan fingerprint density at radius 2 is 2.00 bits per heavy atom. The van der Waals surface area contributed by atoms with Gasteiger partial charge in [0.05, 0.1) is 6.61 Å². The second-order valence-electron chi connectivity index (χ2n) is 5.46. The zero-order chi connectivity index (χ0) is 18.0. The number of rotatable bonds is 6. The van der Waals surface area contributed by atoms with E-state index >= 15 is 0 Å². The monoisotopic (exact) mass is 345 g/mol. The molecule has 2 rings (SSSR count). The summed E-state index contributed by atoms with van der Waals surface area (Å²) in [5.74, 6) is -1.26. The minimum Gasteiger partial charge on any atom is -0.480 e. The topological polar surface area (TPSA) is 177 Å². The molecule has 1 fully saturated rings. The molecule has 11 nitrogen and oxygen atoms in total. The van der Waals surface area contributed by atoms with Gasteiger partial charge in [0.1, 0.15) is 24.4 Å². The molecule has 1 aromatic heterocycles. The second-order valence-corrected chi connectivity index (χ2v) is 5.46. The van der Waals surface area contributed by atoms with Crippen molar-refractivity contribution in [1.82, 2.24) is 9.13 Å². The normalized spacial score (nSPS) is 28.0. The average Bonchev–Trinajstić information content (AvgIpc) is 2.82. The third-order valence-electron chi connectivity index (χ3n) is 3.87. The van der Waals surface area contributed by atoms with Crippen LogP contribution in [0.5, 0.6) is 0 Å². The van der Waals surface area contributed by atoms with Gasteiger partial charge in [-0.25, -0.2) is 4.79 Å². The summed E-state index contributed by atoms with van der Waals surface area (Å²) in [6.07, 6.45) is -4.29. The quantitative estimate of drug-likeness (QED) is 0.349. The van der Waals surface area contributed by atoms with Crippen LogP contribution in [0.25, 0.3) is 0 Å². The van der Waals surface area contributed by atoms with Gasteiger partial charge >= 0.3 is 11.7 Å². The summed E-state index contributed by atoms with van der Waals surface area (Å²) in [6, 6.07) is -0.193. The molecule has 0 bridgehead atoms. The highest BCUT2D eigenvalue weighted by Gasteiger charge is 2.43. The fourth-order valence-corrected chi connectivity index (χ4v) is 2.43. The van der Waals surface area contributed by atoms with Crippen molar-refractivity contribution in [1.29, 1.82) is 0 Å². The van der Waals surface area contributed by atoms with Crippen LogP contribution in [0.2, 0.25) is 0 Å². The molecule has 0 amide bonds. The Morgan fingerprint density at radius 1 is 1.33 bits per heavy atom. The summed E-state index contributed by atoms with van der Waals surface area (Å²) in [6.45, 7) is -0.794. The standard InChI is InChI=1S/C13H19N3O8/c14-6(12(21)22)1-3-15-8(18)2-4-16(13(15)23)11-10(20)9(19)7(5-17)24-11/h2,4,6-7,9-11,17,19-20H,1,3,5,14H2,(H,21,22)/t6?,7-,9?,10+,11-/m1/s1. The Labute approximate surface area is 135 Å². The number of aliphatic hydroxyl groups is 3. The molecular formula is C13H19N3O8. The highest BCUT2D eigenvalue weighted by Crippen LogP contribution is 2.27. The lowest BCUT2D eigenvalue weighted by molar-refractivity contribution is -0.138. The zero-order valence-electron chi connectivity index (χ0n) is 12.6. The third kappa shape index (κ3) is 3.39. The van der Waals surface area contributed by atoms with Crippen molar-refractivity contribution < 1.29 is 30.0 Å². The van der Waals surface area contributed by atoms with E-state index in [0.29, 0.717) is 0 Å². The largest absolute Gasteiger partial charge is 0.480 e. The maximum Gasteiger partial charge on any atom is 0.333 e. The predicted molar refractivity (Wildman–Crippen MR) is 78.2 cm³/mol. The lowest BCUT2D eigenvalue weighted by atomic mass is 10.1. The highest BCUT2D eigenvalue weighted by atomic mass is 16.6. The molecule has 1 aromatic rings. The van der Waals surface area contributed by atoms with E-state index in [-0.39, 0.29) is 13.0 Å². The Bertz CT molecular complexity index is 714. The van der Waals surface area contributed by atoms with Gasteiger partial charge in [-0.1, -0.05) is 0 Å². The summed E-state index contributed by atoms with van der Waals surface area (Å²) in [7, 11) is 0. The van der Waals surface area contributed by atoms with E-state index < -0.39 is 54.4 Å². The fourth-order valence-electron chi connectivity index (χ4n) is 2.43. The van der Waals surface area contributed by atoms with Crippen LogP contribution in [0, 0.1) is 0 Å². The summed E-state index contributed by atoms with van der Waals surface area (Å²) in [5.41, 5.74) is 3.83. The SMILES string of the molecule is NC(CCn1c(=O)ccn([C@@H]2O[C@H](CO)C(O)[C@@H]2O)c1=O)C(=O)O. The van der Waals surface area contributed by atoms with E-state index in [1.54, 1.807) is 0 Å². The van der Waals surface area contributed by atoms with Crippen molar-refractivity contribution in [2.45, 2.75) is 43.5 Å². The molecule has 0 aromatic carbocycles. The molecule has 5 atom stereocenters. The molecule has 11 heteroatoms. The summed E-state index contributed by atoms with van der Waals surface area (Å²) >= 11 is 0. The Morgan fingerprint density at radius 3 is 2.54 bits per heavy atom. The maximum absolute atomic E-state index is 12.4. The molecule has 1 saturated heterocycles. The fraction of sp³-hybridized carbons (Fsp3) is 0.615. The number of aromatic nitrogens is 2. The number of nitrogens with zero attached hydrogens (tertiary/aromatic N) is 2. The van der Waals surface area contributed by atoms with Crippen LogP contribution in [0.3, 0.4) is 0 Å².